The van der Waals surface area contributed by atoms with Crippen molar-refractivity contribution in [3.63, 3.8) is 0 Å². The number of amides is 1. The minimum Gasteiger partial charge on any atom is -0.385 e. The van der Waals surface area contributed by atoms with Crippen LogP contribution in [0.1, 0.15) is 49.9 Å². The molecule has 0 spiro atoms. The van der Waals surface area contributed by atoms with E-state index in [0.29, 0.717) is 6.04 Å². The topological polar surface area (TPSA) is 41.1 Å². The number of para-hydroxylation sites is 1. The van der Waals surface area contributed by atoms with Crippen molar-refractivity contribution in [2.24, 2.45) is 5.92 Å². The summed E-state index contributed by atoms with van der Waals surface area (Å²) < 4.78 is 0. The third kappa shape index (κ3) is 3.98. The number of rotatable bonds is 7. The van der Waals surface area contributed by atoms with E-state index in [1.165, 1.54) is 12.8 Å². The number of carbonyl (C=O) groups is 1. The van der Waals surface area contributed by atoms with Crippen molar-refractivity contribution in [2.75, 3.05) is 11.9 Å². The SMILES string of the molecule is CCNc1ccccc1C(=O)NC(CC)CC1CC1. The van der Waals surface area contributed by atoms with E-state index in [-0.39, 0.29) is 5.91 Å². The van der Waals surface area contributed by atoms with E-state index in [1.54, 1.807) is 0 Å². The lowest BCUT2D eigenvalue weighted by molar-refractivity contribution is 0.0933. The van der Waals surface area contributed by atoms with Crippen molar-refractivity contribution in [2.45, 2.75) is 45.6 Å². The lowest BCUT2D eigenvalue weighted by Crippen LogP contribution is -2.35. The minimum atomic E-state index is 0.0454. The summed E-state index contributed by atoms with van der Waals surface area (Å²) in [7, 11) is 0. The van der Waals surface area contributed by atoms with Crippen molar-refractivity contribution < 1.29 is 4.79 Å². The molecule has 1 unspecified atom stereocenters. The summed E-state index contributed by atoms with van der Waals surface area (Å²) in [6.45, 7) is 5.00. The van der Waals surface area contributed by atoms with Crippen LogP contribution in [0, 0.1) is 5.92 Å². The van der Waals surface area contributed by atoms with E-state index in [2.05, 4.69) is 17.6 Å². The summed E-state index contributed by atoms with van der Waals surface area (Å²) in [5, 5.41) is 6.41. The van der Waals surface area contributed by atoms with Crippen LogP contribution in [0.2, 0.25) is 0 Å². The smallest absolute Gasteiger partial charge is 0.253 e. The number of carbonyl (C=O) groups excluding carboxylic acids is 1. The van der Waals surface area contributed by atoms with E-state index in [0.717, 1.165) is 36.6 Å². The van der Waals surface area contributed by atoms with Gasteiger partial charge in [0.15, 0.2) is 0 Å². The van der Waals surface area contributed by atoms with Crippen LogP contribution in [0.15, 0.2) is 24.3 Å². The predicted molar refractivity (Wildman–Crippen MR) is 79.5 cm³/mol. The fourth-order valence-corrected chi connectivity index (χ4v) is 2.37. The predicted octanol–water partition coefficient (Wildman–Crippen LogP) is 3.43. The Morgan fingerprint density at radius 2 is 2.05 bits per heavy atom. The number of benzene rings is 1. The van der Waals surface area contributed by atoms with E-state index in [4.69, 9.17) is 0 Å². The maximum absolute atomic E-state index is 12.4. The van der Waals surface area contributed by atoms with Crippen molar-refractivity contribution in [1.29, 1.82) is 0 Å². The number of hydrogen-bond acceptors (Lipinski definition) is 2. The van der Waals surface area contributed by atoms with Crippen molar-refractivity contribution >= 4 is 11.6 Å². The van der Waals surface area contributed by atoms with Crippen LogP contribution in [0.5, 0.6) is 0 Å². The van der Waals surface area contributed by atoms with Crippen LogP contribution in [-0.2, 0) is 0 Å². The normalized spacial score (nSPS) is 15.9. The molecule has 3 nitrogen and oxygen atoms in total. The Kier molecular flexibility index (Phi) is 4.83. The van der Waals surface area contributed by atoms with Gasteiger partial charge in [0.2, 0.25) is 0 Å². The second kappa shape index (κ2) is 6.60. The van der Waals surface area contributed by atoms with E-state index >= 15 is 0 Å². The standard InChI is InChI=1S/C16H24N2O/c1-3-13(11-12-9-10-12)18-16(19)14-7-5-6-8-15(14)17-4-2/h5-8,12-13,17H,3-4,9-11H2,1-2H3,(H,18,19). The van der Waals surface area contributed by atoms with Crippen LogP contribution in [0.4, 0.5) is 5.69 Å². The van der Waals surface area contributed by atoms with Crippen LogP contribution in [0.3, 0.4) is 0 Å². The first-order valence-corrected chi connectivity index (χ1v) is 7.38. The van der Waals surface area contributed by atoms with Gasteiger partial charge in [-0.2, -0.15) is 0 Å². The molecule has 2 N–H and O–H groups in total. The molecule has 1 atom stereocenters. The van der Waals surface area contributed by atoms with Crippen LogP contribution in [0.25, 0.3) is 0 Å². The van der Waals surface area contributed by atoms with Gasteiger partial charge in [0.05, 0.1) is 5.56 Å². The van der Waals surface area contributed by atoms with Gasteiger partial charge in [-0.3, -0.25) is 4.79 Å². The summed E-state index contributed by atoms with van der Waals surface area (Å²) >= 11 is 0. The highest BCUT2D eigenvalue weighted by atomic mass is 16.1. The Morgan fingerprint density at radius 3 is 2.68 bits per heavy atom. The molecule has 0 aromatic heterocycles. The molecule has 0 bridgehead atoms. The van der Waals surface area contributed by atoms with Gasteiger partial charge in [0.25, 0.3) is 5.91 Å². The molecule has 0 radical (unpaired) electrons. The highest BCUT2D eigenvalue weighted by Gasteiger charge is 2.25. The number of hydrogen-bond donors (Lipinski definition) is 2. The van der Waals surface area contributed by atoms with Gasteiger partial charge in [-0.25, -0.2) is 0 Å². The molecule has 1 amide bonds. The van der Waals surface area contributed by atoms with Gasteiger partial charge in [-0.1, -0.05) is 31.9 Å². The van der Waals surface area contributed by atoms with Crippen molar-refractivity contribution in [3.8, 4) is 0 Å². The molecular formula is C16H24N2O. The van der Waals surface area contributed by atoms with Gasteiger partial charge in [0, 0.05) is 18.3 Å². The lowest BCUT2D eigenvalue weighted by atomic mass is 10.1. The second-order valence-corrected chi connectivity index (χ2v) is 5.33. The Morgan fingerprint density at radius 1 is 1.32 bits per heavy atom. The van der Waals surface area contributed by atoms with Crippen molar-refractivity contribution in [1.82, 2.24) is 5.32 Å². The Labute approximate surface area is 115 Å². The minimum absolute atomic E-state index is 0.0454. The first kappa shape index (κ1) is 13.9. The first-order chi connectivity index (χ1) is 9.24. The summed E-state index contributed by atoms with van der Waals surface area (Å²) in [6, 6.07) is 8.03. The molecule has 19 heavy (non-hydrogen) atoms. The molecule has 1 aromatic carbocycles. The Hall–Kier alpha value is -1.51. The van der Waals surface area contributed by atoms with E-state index in [1.807, 2.05) is 31.2 Å². The van der Waals surface area contributed by atoms with Crippen LogP contribution < -0.4 is 10.6 Å². The number of anilines is 1. The maximum atomic E-state index is 12.4. The first-order valence-electron chi connectivity index (χ1n) is 7.38. The van der Waals surface area contributed by atoms with E-state index in [9.17, 15) is 4.79 Å². The molecule has 1 saturated carbocycles. The van der Waals surface area contributed by atoms with Crippen molar-refractivity contribution in [3.05, 3.63) is 29.8 Å². The average Bonchev–Trinajstić information content (AvgIpc) is 3.23. The highest BCUT2D eigenvalue weighted by molar-refractivity contribution is 5.99. The monoisotopic (exact) mass is 260 g/mol. The second-order valence-electron chi connectivity index (χ2n) is 5.33. The van der Waals surface area contributed by atoms with Gasteiger partial charge in [0.1, 0.15) is 0 Å². The zero-order chi connectivity index (χ0) is 13.7. The molecule has 1 aliphatic rings. The molecule has 0 heterocycles. The largest absolute Gasteiger partial charge is 0.385 e. The maximum Gasteiger partial charge on any atom is 0.253 e. The van der Waals surface area contributed by atoms with Gasteiger partial charge in [-0.15, -0.1) is 0 Å². The summed E-state index contributed by atoms with van der Waals surface area (Å²) in [5.74, 6) is 0.887. The Bertz CT molecular complexity index is 427. The van der Waals surface area contributed by atoms with E-state index < -0.39 is 0 Å². The third-order valence-corrected chi connectivity index (χ3v) is 3.68. The Balaban J connectivity index is 2.01. The molecule has 1 aliphatic carbocycles. The zero-order valence-electron chi connectivity index (χ0n) is 11.9. The molecule has 104 valence electrons. The molecule has 0 saturated heterocycles. The van der Waals surface area contributed by atoms with Gasteiger partial charge in [-0.05, 0) is 37.8 Å². The molecule has 1 aromatic rings. The highest BCUT2D eigenvalue weighted by Crippen LogP contribution is 2.34. The van der Waals surface area contributed by atoms with Crippen LogP contribution in [-0.4, -0.2) is 18.5 Å². The average molecular weight is 260 g/mol. The van der Waals surface area contributed by atoms with Crippen LogP contribution >= 0.6 is 0 Å². The summed E-state index contributed by atoms with van der Waals surface area (Å²) in [5.41, 5.74) is 1.67. The fraction of sp³-hybridized carbons (Fsp3) is 0.562. The molecular weight excluding hydrogens is 236 g/mol. The zero-order valence-corrected chi connectivity index (χ0v) is 11.9. The third-order valence-electron chi connectivity index (χ3n) is 3.68. The molecule has 2 rings (SSSR count). The molecule has 0 aliphatic heterocycles. The quantitative estimate of drug-likeness (QED) is 0.788. The summed E-state index contributed by atoms with van der Waals surface area (Å²) in [4.78, 5) is 12.4. The van der Waals surface area contributed by atoms with Gasteiger partial charge < -0.3 is 10.6 Å². The molecule has 3 heteroatoms. The fourth-order valence-electron chi connectivity index (χ4n) is 2.37. The number of nitrogens with one attached hydrogen (secondary N) is 2. The summed E-state index contributed by atoms with van der Waals surface area (Å²) in [6.07, 6.45) is 4.80. The molecule has 1 fully saturated rings. The lowest BCUT2D eigenvalue weighted by Gasteiger charge is -2.18. The van der Waals surface area contributed by atoms with Gasteiger partial charge >= 0.3 is 0 Å².